The molecule has 0 aromatic carbocycles. The molecule has 2 rings (SSSR count). The first-order valence-corrected chi connectivity index (χ1v) is 8.22. The highest BCUT2D eigenvalue weighted by molar-refractivity contribution is 5.52. The first-order chi connectivity index (χ1) is 10.3. The number of methoxy groups -OCH3 is 1. The zero-order chi connectivity index (χ0) is 15.1. The summed E-state index contributed by atoms with van der Waals surface area (Å²) in [5.74, 6) is 0. The van der Waals surface area contributed by atoms with Gasteiger partial charge >= 0.3 is 0 Å². The summed E-state index contributed by atoms with van der Waals surface area (Å²) in [7, 11) is 1.77. The Morgan fingerprint density at radius 1 is 1.38 bits per heavy atom. The first kappa shape index (κ1) is 16.2. The maximum Gasteiger partial charge on any atom is 0.0637 e. The number of hydrogen-bond donors (Lipinski definition) is 1. The van der Waals surface area contributed by atoms with Crippen LogP contribution in [-0.4, -0.2) is 37.3 Å². The zero-order valence-electron chi connectivity index (χ0n) is 13.6. The zero-order valence-corrected chi connectivity index (χ0v) is 13.6. The van der Waals surface area contributed by atoms with Crippen molar-refractivity contribution in [2.45, 2.75) is 58.2 Å². The van der Waals surface area contributed by atoms with Crippen molar-refractivity contribution in [3.63, 3.8) is 0 Å². The highest BCUT2D eigenvalue weighted by Gasteiger charge is 2.22. The molecule has 0 atom stereocenters. The van der Waals surface area contributed by atoms with Crippen molar-refractivity contribution in [2.75, 3.05) is 25.2 Å². The van der Waals surface area contributed by atoms with E-state index in [1.807, 2.05) is 12.4 Å². The summed E-state index contributed by atoms with van der Waals surface area (Å²) in [5.41, 5.74) is 2.61. The molecule has 1 heterocycles. The second kappa shape index (κ2) is 8.35. The van der Waals surface area contributed by atoms with E-state index >= 15 is 0 Å². The standard InChI is InChI=1S/C17H29N3O/c1-4-16(5-2)20(10-11-21-3)17-13-18-9-8-14(17)12-19-15-6-7-15/h8-9,13,15-16,19H,4-7,10-12H2,1-3H3. The van der Waals surface area contributed by atoms with Crippen LogP contribution in [-0.2, 0) is 11.3 Å². The lowest BCUT2D eigenvalue weighted by molar-refractivity contribution is 0.202. The fourth-order valence-electron chi connectivity index (χ4n) is 2.78. The van der Waals surface area contributed by atoms with E-state index in [2.05, 4.69) is 35.1 Å². The van der Waals surface area contributed by atoms with Crippen LogP contribution in [0.5, 0.6) is 0 Å². The van der Waals surface area contributed by atoms with Gasteiger partial charge < -0.3 is 15.0 Å². The third kappa shape index (κ3) is 4.68. The summed E-state index contributed by atoms with van der Waals surface area (Å²) in [4.78, 5) is 6.83. The lowest BCUT2D eigenvalue weighted by Gasteiger charge is -2.33. The predicted octanol–water partition coefficient (Wildman–Crippen LogP) is 2.98. The first-order valence-electron chi connectivity index (χ1n) is 8.22. The fourth-order valence-corrected chi connectivity index (χ4v) is 2.78. The monoisotopic (exact) mass is 291 g/mol. The molecular formula is C17H29N3O. The summed E-state index contributed by atoms with van der Waals surface area (Å²) in [6.07, 6.45) is 8.84. The van der Waals surface area contributed by atoms with Crippen molar-refractivity contribution in [3.8, 4) is 0 Å². The number of anilines is 1. The van der Waals surface area contributed by atoms with Gasteiger partial charge in [-0.05, 0) is 37.3 Å². The molecule has 1 N–H and O–H groups in total. The molecule has 0 unspecified atom stereocenters. The van der Waals surface area contributed by atoms with Crippen molar-refractivity contribution in [1.82, 2.24) is 10.3 Å². The van der Waals surface area contributed by atoms with Gasteiger partial charge in [0.1, 0.15) is 0 Å². The maximum absolute atomic E-state index is 5.30. The number of pyridine rings is 1. The van der Waals surface area contributed by atoms with Crippen LogP contribution in [0.15, 0.2) is 18.5 Å². The van der Waals surface area contributed by atoms with Crippen molar-refractivity contribution >= 4 is 5.69 Å². The van der Waals surface area contributed by atoms with Crippen LogP contribution in [0.25, 0.3) is 0 Å². The molecule has 0 saturated heterocycles. The van der Waals surface area contributed by atoms with Crippen molar-refractivity contribution in [1.29, 1.82) is 0 Å². The Balaban J connectivity index is 2.15. The Bertz CT molecular complexity index is 416. The van der Waals surface area contributed by atoms with Gasteiger partial charge in [-0.2, -0.15) is 0 Å². The smallest absolute Gasteiger partial charge is 0.0637 e. The Hall–Kier alpha value is -1.13. The molecule has 1 saturated carbocycles. The minimum atomic E-state index is 0.545. The Labute approximate surface area is 128 Å². The van der Waals surface area contributed by atoms with E-state index in [0.717, 1.165) is 38.6 Å². The topological polar surface area (TPSA) is 37.4 Å². The van der Waals surface area contributed by atoms with E-state index in [9.17, 15) is 0 Å². The largest absolute Gasteiger partial charge is 0.383 e. The lowest BCUT2D eigenvalue weighted by Crippen LogP contribution is -2.38. The second-order valence-corrected chi connectivity index (χ2v) is 5.82. The number of aromatic nitrogens is 1. The summed E-state index contributed by atoms with van der Waals surface area (Å²) in [5, 5.41) is 3.61. The van der Waals surface area contributed by atoms with Gasteiger partial charge in [-0.25, -0.2) is 0 Å². The molecule has 0 spiro atoms. The number of ether oxygens (including phenoxy) is 1. The minimum Gasteiger partial charge on any atom is -0.383 e. The van der Waals surface area contributed by atoms with Gasteiger partial charge in [0.2, 0.25) is 0 Å². The summed E-state index contributed by atoms with van der Waals surface area (Å²) >= 11 is 0. The van der Waals surface area contributed by atoms with Crippen molar-refractivity contribution < 1.29 is 4.74 Å². The normalized spacial score (nSPS) is 14.7. The van der Waals surface area contributed by atoms with Gasteiger partial charge in [0, 0.05) is 38.5 Å². The van der Waals surface area contributed by atoms with Crippen LogP contribution in [0.2, 0.25) is 0 Å². The molecule has 118 valence electrons. The molecule has 0 aliphatic heterocycles. The molecule has 1 fully saturated rings. The van der Waals surface area contributed by atoms with E-state index < -0.39 is 0 Å². The number of hydrogen-bond acceptors (Lipinski definition) is 4. The van der Waals surface area contributed by atoms with Crippen LogP contribution in [0.3, 0.4) is 0 Å². The van der Waals surface area contributed by atoms with E-state index in [0.29, 0.717) is 6.04 Å². The van der Waals surface area contributed by atoms with Crippen molar-refractivity contribution in [3.05, 3.63) is 24.0 Å². The molecule has 0 amide bonds. The highest BCUT2D eigenvalue weighted by atomic mass is 16.5. The molecule has 1 aliphatic carbocycles. The van der Waals surface area contributed by atoms with Crippen LogP contribution in [0, 0.1) is 0 Å². The van der Waals surface area contributed by atoms with Gasteiger partial charge in [0.25, 0.3) is 0 Å². The van der Waals surface area contributed by atoms with E-state index in [4.69, 9.17) is 4.74 Å². The Morgan fingerprint density at radius 3 is 2.76 bits per heavy atom. The van der Waals surface area contributed by atoms with Crippen LogP contribution >= 0.6 is 0 Å². The molecule has 21 heavy (non-hydrogen) atoms. The second-order valence-electron chi connectivity index (χ2n) is 5.82. The maximum atomic E-state index is 5.30. The fraction of sp³-hybridized carbons (Fsp3) is 0.706. The number of rotatable bonds is 10. The molecular weight excluding hydrogens is 262 g/mol. The summed E-state index contributed by atoms with van der Waals surface area (Å²) in [6.45, 7) is 7.12. The van der Waals surface area contributed by atoms with Crippen molar-refractivity contribution in [2.24, 2.45) is 0 Å². The van der Waals surface area contributed by atoms with Crippen LogP contribution in [0.1, 0.15) is 45.1 Å². The molecule has 0 bridgehead atoms. The molecule has 4 nitrogen and oxygen atoms in total. The van der Waals surface area contributed by atoms with Crippen LogP contribution in [0.4, 0.5) is 5.69 Å². The summed E-state index contributed by atoms with van der Waals surface area (Å²) < 4.78 is 5.30. The SMILES string of the molecule is CCC(CC)N(CCOC)c1cnccc1CNC1CC1. The van der Waals surface area contributed by atoms with Gasteiger partial charge in [-0.3, -0.25) is 4.98 Å². The third-order valence-corrected chi connectivity index (χ3v) is 4.28. The van der Waals surface area contributed by atoms with E-state index in [1.54, 1.807) is 7.11 Å². The molecule has 4 heteroatoms. The number of nitrogens with zero attached hydrogens (tertiary/aromatic N) is 2. The van der Waals surface area contributed by atoms with Crippen LogP contribution < -0.4 is 10.2 Å². The molecule has 0 radical (unpaired) electrons. The minimum absolute atomic E-state index is 0.545. The molecule has 1 aromatic heterocycles. The number of nitrogens with one attached hydrogen (secondary N) is 1. The highest BCUT2D eigenvalue weighted by Crippen LogP contribution is 2.25. The van der Waals surface area contributed by atoms with E-state index in [1.165, 1.54) is 24.1 Å². The molecule has 1 aromatic rings. The lowest BCUT2D eigenvalue weighted by atomic mass is 10.1. The van der Waals surface area contributed by atoms with Gasteiger partial charge in [-0.15, -0.1) is 0 Å². The average molecular weight is 291 g/mol. The third-order valence-electron chi connectivity index (χ3n) is 4.28. The Kier molecular flexibility index (Phi) is 6.46. The quantitative estimate of drug-likeness (QED) is 0.719. The van der Waals surface area contributed by atoms with E-state index in [-0.39, 0.29) is 0 Å². The average Bonchev–Trinajstić information content (AvgIpc) is 3.34. The summed E-state index contributed by atoms with van der Waals surface area (Å²) in [6, 6.07) is 3.42. The molecule has 1 aliphatic rings. The van der Waals surface area contributed by atoms with Gasteiger partial charge in [0.05, 0.1) is 18.5 Å². The van der Waals surface area contributed by atoms with Gasteiger partial charge in [-0.1, -0.05) is 13.8 Å². The Morgan fingerprint density at radius 2 is 2.14 bits per heavy atom. The van der Waals surface area contributed by atoms with Gasteiger partial charge in [0.15, 0.2) is 0 Å². The predicted molar refractivity (Wildman–Crippen MR) is 87.7 cm³/mol.